The van der Waals surface area contributed by atoms with Gasteiger partial charge in [-0.3, -0.25) is 9.59 Å². The maximum atomic E-state index is 12.4. The summed E-state index contributed by atoms with van der Waals surface area (Å²) in [6, 6.07) is 14.1. The first-order valence-corrected chi connectivity index (χ1v) is 9.37. The number of fused-ring (bicyclic) bond motifs is 1. The summed E-state index contributed by atoms with van der Waals surface area (Å²) in [5.74, 6) is -0.495. The van der Waals surface area contributed by atoms with E-state index in [4.69, 9.17) is 0 Å². The third-order valence-corrected chi connectivity index (χ3v) is 4.97. The van der Waals surface area contributed by atoms with Crippen LogP contribution in [0, 0.1) is 0 Å². The molecule has 2 amide bonds. The topological polar surface area (TPSA) is 87.3 Å². The summed E-state index contributed by atoms with van der Waals surface area (Å²) in [5, 5.41) is 19.1. The fourth-order valence-electron chi connectivity index (χ4n) is 3.54. The second-order valence-electron chi connectivity index (χ2n) is 6.79. The average molecular weight is 388 g/mol. The minimum absolute atomic E-state index is 0.0643. The van der Waals surface area contributed by atoms with Gasteiger partial charge < -0.3 is 14.6 Å². The van der Waals surface area contributed by atoms with Gasteiger partial charge in [-0.2, -0.15) is 0 Å². The van der Waals surface area contributed by atoms with Crippen LogP contribution in [0.15, 0.2) is 71.4 Å². The quantitative estimate of drug-likeness (QED) is 0.512. The van der Waals surface area contributed by atoms with Gasteiger partial charge in [0.15, 0.2) is 5.69 Å². The van der Waals surface area contributed by atoms with E-state index in [0.717, 1.165) is 17.6 Å². The molecule has 0 spiro atoms. The molecule has 1 saturated heterocycles. The minimum atomic E-state index is -0.524. The van der Waals surface area contributed by atoms with Crippen molar-refractivity contribution >= 4 is 34.1 Å². The zero-order chi connectivity index (χ0) is 20.4. The maximum absolute atomic E-state index is 12.4. The van der Waals surface area contributed by atoms with Gasteiger partial charge in [0.25, 0.3) is 5.91 Å². The summed E-state index contributed by atoms with van der Waals surface area (Å²) in [6.45, 7) is 4.81. The molecule has 1 N–H and O–H groups in total. The van der Waals surface area contributed by atoms with Crippen molar-refractivity contribution in [3.8, 4) is 5.88 Å². The number of rotatable bonds is 5. The van der Waals surface area contributed by atoms with Gasteiger partial charge in [0.2, 0.25) is 11.8 Å². The zero-order valence-corrected chi connectivity index (χ0v) is 15.8. The van der Waals surface area contributed by atoms with Crippen LogP contribution in [0.2, 0.25) is 0 Å². The second kappa shape index (κ2) is 7.71. The Labute approximate surface area is 167 Å². The van der Waals surface area contributed by atoms with E-state index in [1.54, 1.807) is 39.8 Å². The highest BCUT2D eigenvalue weighted by Gasteiger charge is 2.22. The molecule has 7 nitrogen and oxygen atoms in total. The Hall–Kier alpha value is -3.74. The molecular weight excluding hydrogens is 368 g/mol. The highest BCUT2D eigenvalue weighted by Crippen LogP contribution is 2.38. The molecule has 0 saturated carbocycles. The van der Waals surface area contributed by atoms with Gasteiger partial charge in [0.05, 0.1) is 5.52 Å². The maximum Gasteiger partial charge on any atom is 0.295 e. The van der Waals surface area contributed by atoms with E-state index in [1.807, 2.05) is 24.3 Å². The van der Waals surface area contributed by atoms with Crippen molar-refractivity contribution < 1.29 is 14.7 Å². The number of carbonyl (C=O) groups excluding carboxylic acids is 2. The molecule has 1 fully saturated rings. The van der Waals surface area contributed by atoms with Crippen molar-refractivity contribution in [2.75, 3.05) is 11.4 Å². The van der Waals surface area contributed by atoms with Crippen LogP contribution in [0.25, 0.3) is 10.9 Å². The molecule has 1 aromatic heterocycles. The number of amides is 2. The third kappa shape index (κ3) is 3.42. The molecule has 7 heteroatoms. The smallest absolute Gasteiger partial charge is 0.295 e. The molecule has 1 aliphatic heterocycles. The van der Waals surface area contributed by atoms with Crippen LogP contribution in [0.1, 0.15) is 23.2 Å². The number of aromatic hydroxyl groups is 1. The number of hydrogen-bond acceptors (Lipinski definition) is 4. The lowest BCUT2D eigenvalue weighted by molar-refractivity contribution is -0.117. The van der Waals surface area contributed by atoms with Crippen molar-refractivity contribution in [1.29, 1.82) is 0 Å². The SMILES string of the molecule is C=CCn1c(O)c(N=NC(=O)c2ccc(N3CCCC3=O)cc2)c2ccccc21. The molecule has 2 heterocycles. The van der Waals surface area contributed by atoms with E-state index in [0.29, 0.717) is 30.5 Å². The Morgan fingerprint density at radius 2 is 1.93 bits per heavy atom. The first kappa shape index (κ1) is 18.6. The molecule has 1 aliphatic rings. The lowest BCUT2D eigenvalue weighted by atomic mass is 10.2. The molecule has 0 bridgehead atoms. The molecule has 0 unspecified atom stereocenters. The minimum Gasteiger partial charge on any atom is -0.493 e. The van der Waals surface area contributed by atoms with Gasteiger partial charge in [-0.25, -0.2) is 0 Å². The van der Waals surface area contributed by atoms with Crippen molar-refractivity contribution in [2.24, 2.45) is 10.2 Å². The van der Waals surface area contributed by atoms with Gasteiger partial charge >= 0.3 is 0 Å². The summed E-state index contributed by atoms with van der Waals surface area (Å²) in [5.41, 5.74) is 2.16. The van der Waals surface area contributed by atoms with Crippen molar-refractivity contribution in [3.63, 3.8) is 0 Å². The molecule has 0 aliphatic carbocycles. The number of carbonyl (C=O) groups is 2. The van der Waals surface area contributed by atoms with Crippen LogP contribution in [-0.4, -0.2) is 28.0 Å². The van der Waals surface area contributed by atoms with Crippen LogP contribution in [0.4, 0.5) is 11.4 Å². The second-order valence-corrected chi connectivity index (χ2v) is 6.79. The largest absolute Gasteiger partial charge is 0.493 e. The number of aromatic nitrogens is 1. The van der Waals surface area contributed by atoms with Crippen LogP contribution < -0.4 is 4.90 Å². The van der Waals surface area contributed by atoms with Crippen molar-refractivity contribution in [2.45, 2.75) is 19.4 Å². The van der Waals surface area contributed by atoms with Crippen molar-refractivity contribution in [1.82, 2.24) is 4.57 Å². The lowest BCUT2D eigenvalue weighted by Gasteiger charge is -2.15. The summed E-state index contributed by atoms with van der Waals surface area (Å²) >= 11 is 0. The monoisotopic (exact) mass is 388 g/mol. The molecular formula is C22H20N4O3. The van der Waals surface area contributed by atoms with Gasteiger partial charge in [0.1, 0.15) is 0 Å². The van der Waals surface area contributed by atoms with Crippen LogP contribution in [0.3, 0.4) is 0 Å². The molecule has 0 atom stereocenters. The van der Waals surface area contributed by atoms with Crippen LogP contribution in [0.5, 0.6) is 5.88 Å². The van der Waals surface area contributed by atoms with E-state index >= 15 is 0 Å². The van der Waals surface area contributed by atoms with E-state index in [2.05, 4.69) is 16.8 Å². The van der Waals surface area contributed by atoms with Gasteiger partial charge in [-0.05, 0) is 36.8 Å². The fourth-order valence-corrected chi connectivity index (χ4v) is 3.54. The molecule has 3 aromatic rings. The van der Waals surface area contributed by atoms with Crippen LogP contribution in [-0.2, 0) is 11.3 Å². The summed E-state index contributed by atoms with van der Waals surface area (Å²) in [4.78, 5) is 26.0. The zero-order valence-electron chi connectivity index (χ0n) is 15.8. The summed E-state index contributed by atoms with van der Waals surface area (Å²) < 4.78 is 1.66. The number of benzene rings is 2. The Bertz CT molecular complexity index is 1130. The third-order valence-electron chi connectivity index (χ3n) is 4.97. The Balaban J connectivity index is 1.59. The first-order valence-electron chi connectivity index (χ1n) is 9.37. The van der Waals surface area contributed by atoms with Crippen LogP contribution >= 0.6 is 0 Å². The molecule has 146 valence electrons. The highest BCUT2D eigenvalue weighted by atomic mass is 16.3. The molecule has 29 heavy (non-hydrogen) atoms. The Morgan fingerprint density at radius 1 is 1.17 bits per heavy atom. The number of azo groups is 1. The van der Waals surface area contributed by atoms with Gasteiger partial charge in [-0.15, -0.1) is 16.8 Å². The van der Waals surface area contributed by atoms with Gasteiger partial charge in [0, 0.05) is 36.1 Å². The highest BCUT2D eigenvalue weighted by molar-refractivity contribution is 5.99. The van der Waals surface area contributed by atoms with Gasteiger partial charge in [-0.1, -0.05) is 24.3 Å². The fraction of sp³-hybridized carbons (Fsp3) is 0.182. The number of hydrogen-bond donors (Lipinski definition) is 1. The standard InChI is InChI=1S/C22H20N4O3/c1-2-13-26-18-7-4-3-6-17(18)20(22(26)29)23-24-21(28)15-9-11-16(12-10-15)25-14-5-8-19(25)27/h2-4,6-7,9-12,29H,1,5,8,13-14H2. The predicted octanol–water partition coefficient (Wildman–Crippen LogP) is 4.58. The lowest BCUT2D eigenvalue weighted by Crippen LogP contribution is -2.23. The Morgan fingerprint density at radius 3 is 2.62 bits per heavy atom. The summed E-state index contributed by atoms with van der Waals surface area (Å²) in [7, 11) is 0. The summed E-state index contributed by atoms with van der Waals surface area (Å²) in [6.07, 6.45) is 3.07. The average Bonchev–Trinajstić information content (AvgIpc) is 3.28. The number of anilines is 1. The van der Waals surface area contributed by atoms with E-state index in [-0.39, 0.29) is 17.5 Å². The number of nitrogens with zero attached hydrogens (tertiary/aromatic N) is 4. The first-order chi connectivity index (χ1) is 14.1. The molecule has 4 rings (SSSR count). The van der Waals surface area contributed by atoms with E-state index in [1.165, 1.54) is 0 Å². The van der Waals surface area contributed by atoms with E-state index < -0.39 is 5.91 Å². The van der Waals surface area contributed by atoms with E-state index in [9.17, 15) is 14.7 Å². The Kier molecular flexibility index (Phi) is 4.95. The predicted molar refractivity (Wildman–Crippen MR) is 111 cm³/mol. The van der Waals surface area contributed by atoms with Crippen molar-refractivity contribution in [3.05, 3.63) is 66.7 Å². The molecule has 2 aromatic carbocycles. The normalized spacial score (nSPS) is 14.2. The number of para-hydroxylation sites is 1. The molecule has 0 radical (unpaired) electrons. The number of allylic oxidation sites excluding steroid dienone is 1.